The van der Waals surface area contributed by atoms with Gasteiger partial charge in [-0.2, -0.15) is 0 Å². The molecule has 1 aliphatic rings. The maximum Gasteiger partial charge on any atom is 0.333 e. The highest BCUT2D eigenvalue weighted by Gasteiger charge is 2.24. The van der Waals surface area contributed by atoms with Crippen LogP contribution in [-0.2, 0) is 13.1 Å². The second kappa shape index (κ2) is 6.08. The van der Waals surface area contributed by atoms with Crippen molar-refractivity contribution in [3.63, 3.8) is 0 Å². The van der Waals surface area contributed by atoms with Gasteiger partial charge in [-0.25, -0.2) is 9.78 Å². The lowest BCUT2D eigenvalue weighted by atomic mass is 10.2. The van der Waals surface area contributed by atoms with Crippen LogP contribution in [0.1, 0.15) is 39.2 Å². The molecule has 1 fully saturated rings. The molecule has 1 unspecified atom stereocenters. The van der Waals surface area contributed by atoms with Crippen LogP contribution in [0.4, 0.5) is 0 Å². The minimum Gasteiger partial charge on any atom is -0.325 e. The number of aromatic nitrogens is 4. The van der Waals surface area contributed by atoms with Crippen LogP contribution in [0.5, 0.6) is 0 Å². The lowest BCUT2D eigenvalue weighted by Gasteiger charge is -2.16. The average molecular weight is 305 g/mol. The third-order valence-electron chi connectivity index (χ3n) is 4.41. The molecule has 0 radical (unpaired) electrons. The molecule has 3 rings (SSSR count). The Kier molecular flexibility index (Phi) is 4.15. The normalized spacial score (nSPS) is 18.4. The van der Waals surface area contributed by atoms with Crippen molar-refractivity contribution in [2.75, 3.05) is 13.1 Å². The highest BCUT2D eigenvalue weighted by molar-refractivity contribution is 5.70. The third-order valence-corrected chi connectivity index (χ3v) is 4.41. The van der Waals surface area contributed by atoms with Gasteiger partial charge in [0.05, 0.1) is 12.4 Å². The Labute approximate surface area is 128 Å². The van der Waals surface area contributed by atoms with Crippen LogP contribution in [0.25, 0.3) is 11.2 Å². The minimum atomic E-state index is -0.221. The van der Waals surface area contributed by atoms with Gasteiger partial charge in [-0.05, 0) is 26.3 Å². The van der Waals surface area contributed by atoms with E-state index in [1.165, 1.54) is 4.57 Å². The first-order valence-corrected chi connectivity index (χ1v) is 8.09. The van der Waals surface area contributed by atoms with Gasteiger partial charge in [-0.15, -0.1) is 0 Å². The number of aryl methyl sites for hydroxylation is 2. The van der Waals surface area contributed by atoms with E-state index in [1.54, 1.807) is 10.9 Å². The van der Waals surface area contributed by atoms with Crippen molar-refractivity contribution in [1.82, 2.24) is 24.0 Å². The van der Waals surface area contributed by atoms with Crippen LogP contribution in [0, 0.1) is 0 Å². The Balaban J connectivity index is 2.29. The van der Waals surface area contributed by atoms with Gasteiger partial charge in [0, 0.05) is 19.6 Å². The molecule has 0 amide bonds. The van der Waals surface area contributed by atoms with Gasteiger partial charge in [0.15, 0.2) is 11.2 Å². The zero-order chi connectivity index (χ0) is 15.7. The van der Waals surface area contributed by atoms with Crippen molar-refractivity contribution >= 4 is 11.2 Å². The molecule has 2 aromatic rings. The summed E-state index contributed by atoms with van der Waals surface area (Å²) in [5.74, 6) is 0. The van der Waals surface area contributed by atoms with Crippen molar-refractivity contribution in [2.45, 2.75) is 52.2 Å². The maximum absolute atomic E-state index is 12.9. The second-order valence-corrected chi connectivity index (χ2v) is 5.81. The van der Waals surface area contributed by atoms with E-state index < -0.39 is 0 Å². The lowest BCUT2D eigenvalue weighted by Crippen LogP contribution is -2.43. The van der Waals surface area contributed by atoms with Crippen LogP contribution in [0.15, 0.2) is 15.9 Å². The Morgan fingerprint density at radius 2 is 2.18 bits per heavy atom. The molecule has 7 nitrogen and oxygen atoms in total. The van der Waals surface area contributed by atoms with Crippen LogP contribution >= 0.6 is 0 Å². The van der Waals surface area contributed by atoms with Crippen molar-refractivity contribution in [1.29, 1.82) is 0 Å². The topological polar surface area (TPSA) is 73.8 Å². The predicted octanol–water partition coefficient (Wildman–Crippen LogP) is 0.714. The van der Waals surface area contributed by atoms with E-state index in [1.807, 2.05) is 11.5 Å². The quantitative estimate of drug-likeness (QED) is 0.883. The maximum atomic E-state index is 12.9. The highest BCUT2D eigenvalue weighted by atomic mass is 16.2. The zero-order valence-electron chi connectivity index (χ0n) is 13.2. The Morgan fingerprint density at radius 1 is 1.36 bits per heavy atom. The number of nitrogens with one attached hydrogen (secondary N) is 1. The fraction of sp³-hybridized carbons (Fsp3) is 0.667. The number of nitrogens with zero attached hydrogens (tertiary/aromatic N) is 4. The fourth-order valence-electron chi connectivity index (χ4n) is 3.15. The molecule has 2 aromatic heterocycles. The Morgan fingerprint density at radius 3 is 2.82 bits per heavy atom. The van der Waals surface area contributed by atoms with Gasteiger partial charge in [-0.3, -0.25) is 13.9 Å². The van der Waals surface area contributed by atoms with Crippen molar-refractivity contribution in [2.24, 2.45) is 0 Å². The average Bonchev–Trinajstić information content (AvgIpc) is 3.16. The van der Waals surface area contributed by atoms with E-state index in [-0.39, 0.29) is 17.3 Å². The van der Waals surface area contributed by atoms with E-state index in [0.717, 1.165) is 25.8 Å². The standard InChI is InChI=1S/C15H23N5O2/c1-3-5-8-19-13-12(18(4-2)10-17-13)14(21)20(15(19)22)11-6-7-16-9-11/h10-11,16H,3-9H2,1-2H3. The molecule has 0 aliphatic carbocycles. The van der Waals surface area contributed by atoms with Gasteiger partial charge in [0.2, 0.25) is 0 Å². The Hall–Kier alpha value is -1.89. The van der Waals surface area contributed by atoms with Gasteiger partial charge in [0.1, 0.15) is 0 Å². The van der Waals surface area contributed by atoms with Crippen LogP contribution in [0.2, 0.25) is 0 Å². The van der Waals surface area contributed by atoms with Crippen molar-refractivity contribution < 1.29 is 0 Å². The number of hydrogen-bond donors (Lipinski definition) is 1. The van der Waals surface area contributed by atoms with E-state index >= 15 is 0 Å². The summed E-state index contributed by atoms with van der Waals surface area (Å²) in [5, 5.41) is 3.23. The molecule has 1 atom stereocenters. The molecule has 22 heavy (non-hydrogen) atoms. The highest BCUT2D eigenvalue weighted by Crippen LogP contribution is 2.14. The van der Waals surface area contributed by atoms with Crippen molar-refractivity contribution in [3.05, 3.63) is 27.2 Å². The summed E-state index contributed by atoms with van der Waals surface area (Å²) in [6, 6.07) is -0.0579. The Bertz CT molecular complexity index is 780. The molecule has 7 heteroatoms. The molecule has 0 spiro atoms. The van der Waals surface area contributed by atoms with Crippen molar-refractivity contribution in [3.8, 4) is 0 Å². The molecule has 1 N–H and O–H groups in total. The lowest BCUT2D eigenvalue weighted by molar-refractivity contribution is 0.473. The molecule has 120 valence electrons. The first-order valence-electron chi connectivity index (χ1n) is 8.09. The summed E-state index contributed by atoms with van der Waals surface area (Å²) in [6.07, 6.45) is 4.36. The summed E-state index contributed by atoms with van der Waals surface area (Å²) < 4.78 is 4.94. The number of fused-ring (bicyclic) bond motifs is 1. The predicted molar refractivity (Wildman–Crippen MR) is 85.4 cm³/mol. The zero-order valence-corrected chi connectivity index (χ0v) is 13.2. The van der Waals surface area contributed by atoms with Gasteiger partial charge in [0.25, 0.3) is 5.56 Å². The van der Waals surface area contributed by atoms with Gasteiger partial charge in [-0.1, -0.05) is 13.3 Å². The summed E-state index contributed by atoms with van der Waals surface area (Å²) in [4.78, 5) is 30.0. The number of rotatable bonds is 5. The molecule has 0 saturated carbocycles. The fourth-order valence-corrected chi connectivity index (χ4v) is 3.15. The molecule has 3 heterocycles. The van der Waals surface area contributed by atoms with E-state index in [0.29, 0.717) is 30.8 Å². The van der Waals surface area contributed by atoms with E-state index in [4.69, 9.17) is 0 Å². The first-order chi connectivity index (χ1) is 10.7. The SMILES string of the molecule is CCCCn1c(=O)n(C2CCNC2)c(=O)c2c1ncn2CC. The van der Waals surface area contributed by atoms with Gasteiger partial charge >= 0.3 is 5.69 Å². The molecular formula is C15H23N5O2. The summed E-state index contributed by atoms with van der Waals surface area (Å²) in [6.45, 7) is 6.85. The molecule has 1 aliphatic heterocycles. The molecule has 0 aromatic carbocycles. The summed E-state index contributed by atoms with van der Waals surface area (Å²) >= 11 is 0. The second-order valence-electron chi connectivity index (χ2n) is 5.81. The number of imidazole rings is 1. The largest absolute Gasteiger partial charge is 0.333 e. The monoisotopic (exact) mass is 305 g/mol. The molecule has 1 saturated heterocycles. The van der Waals surface area contributed by atoms with Gasteiger partial charge < -0.3 is 9.88 Å². The summed E-state index contributed by atoms with van der Waals surface area (Å²) in [5.41, 5.74) is 0.638. The number of hydrogen-bond acceptors (Lipinski definition) is 4. The number of unbranched alkanes of at least 4 members (excludes halogenated alkanes) is 1. The third kappa shape index (κ3) is 2.29. The van der Waals surface area contributed by atoms with Crippen LogP contribution in [-0.4, -0.2) is 31.8 Å². The molecular weight excluding hydrogens is 282 g/mol. The smallest absolute Gasteiger partial charge is 0.325 e. The van der Waals surface area contributed by atoms with Crippen LogP contribution in [0.3, 0.4) is 0 Å². The summed E-state index contributed by atoms with van der Waals surface area (Å²) in [7, 11) is 0. The minimum absolute atomic E-state index is 0.0579. The van der Waals surface area contributed by atoms with E-state index in [9.17, 15) is 9.59 Å². The first kappa shape index (κ1) is 15.0. The molecule has 0 bridgehead atoms. The van der Waals surface area contributed by atoms with Crippen LogP contribution < -0.4 is 16.6 Å². The van der Waals surface area contributed by atoms with E-state index in [2.05, 4.69) is 17.2 Å².